The average Bonchev–Trinajstić information content (AvgIpc) is 2.45. The van der Waals surface area contributed by atoms with Crippen molar-refractivity contribution >= 4 is 5.97 Å². The molecule has 0 aliphatic rings. The molecule has 0 heterocycles. The molecule has 2 N–H and O–H groups in total. The van der Waals surface area contributed by atoms with Crippen molar-refractivity contribution in [2.75, 3.05) is 0 Å². The smallest absolute Gasteiger partial charge is 0.328 e. The maximum atomic E-state index is 10.2. The molecule has 0 rings (SSSR count). The lowest BCUT2D eigenvalue weighted by Gasteiger charge is -2.09. The van der Waals surface area contributed by atoms with Crippen molar-refractivity contribution in [2.45, 2.75) is 83.7 Å². The van der Waals surface area contributed by atoms with E-state index in [0.29, 0.717) is 0 Å². The monoisotopic (exact) mass is 296 g/mol. The van der Waals surface area contributed by atoms with Gasteiger partial charge >= 0.3 is 5.97 Å². The molecule has 0 aliphatic carbocycles. The molecule has 0 amide bonds. The van der Waals surface area contributed by atoms with Crippen LogP contribution in [0.15, 0.2) is 24.3 Å². The number of carboxylic acids is 1. The van der Waals surface area contributed by atoms with Crippen LogP contribution in [0.4, 0.5) is 0 Å². The van der Waals surface area contributed by atoms with Gasteiger partial charge in [0, 0.05) is 6.08 Å². The maximum Gasteiger partial charge on any atom is 0.328 e. The van der Waals surface area contributed by atoms with Crippen molar-refractivity contribution in [1.82, 2.24) is 0 Å². The van der Waals surface area contributed by atoms with Gasteiger partial charge in [-0.05, 0) is 25.7 Å². The van der Waals surface area contributed by atoms with Crippen LogP contribution in [-0.4, -0.2) is 22.3 Å². The van der Waals surface area contributed by atoms with E-state index in [0.717, 1.165) is 51.0 Å². The molecule has 3 nitrogen and oxygen atoms in total. The summed E-state index contributed by atoms with van der Waals surface area (Å²) >= 11 is 0. The van der Waals surface area contributed by atoms with Gasteiger partial charge in [-0.3, -0.25) is 0 Å². The molecule has 0 aliphatic heterocycles. The third-order valence-corrected chi connectivity index (χ3v) is 3.54. The molecule has 21 heavy (non-hydrogen) atoms. The third kappa shape index (κ3) is 16.9. The Kier molecular flexibility index (Phi) is 14.5. The maximum absolute atomic E-state index is 10.2. The molecule has 1 unspecified atom stereocenters. The number of aliphatic hydroxyl groups excluding tert-OH is 1. The fourth-order valence-corrected chi connectivity index (χ4v) is 2.26. The van der Waals surface area contributed by atoms with Crippen LogP contribution in [0, 0.1) is 0 Å². The lowest BCUT2D eigenvalue weighted by molar-refractivity contribution is -0.131. The molecule has 0 aromatic carbocycles. The molecule has 0 saturated heterocycles. The van der Waals surface area contributed by atoms with E-state index in [4.69, 9.17) is 5.11 Å². The summed E-state index contributed by atoms with van der Waals surface area (Å²) in [7, 11) is 0. The zero-order valence-electron chi connectivity index (χ0n) is 13.5. The van der Waals surface area contributed by atoms with Crippen LogP contribution in [0.5, 0.6) is 0 Å². The Morgan fingerprint density at radius 2 is 1.57 bits per heavy atom. The Hall–Kier alpha value is -1.09. The van der Waals surface area contributed by atoms with Crippen molar-refractivity contribution in [3.05, 3.63) is 24.3 Å². The van der Waals surface area contributed by atoms with Gasteiger partial charge in [-0.2, -0.15) is 0 Å². The zero-order chi connectivity index (χ0) is 15.8. The van der Waals surface area contributed by atoms with Crippen LogP contribution < -0.4 is 0 Å². The van der Waals surface area contributed by atoms with Crippen LogP contribution >= 0.6 is 0 Å². The van der Waals surface area contributed by atoms with Gasteiger partial charge < -0.3 is 10.2 Å². The first-order valence-corrected chi connectivity index (χ1v) is 8.41. The van der Waals surface area contributed by atoms with E-state index >= 15 is 0 Å². The predicted molar refractivity (Wildman–Crippen MR) is 88.4 cm³/mol. The van der Waals surface area contributed by atoms with Crippen molar-refractivity contribution in [3.8, 4) is 0 Å². The van der Waals surface area contributed by atoms with Gasteiger partial charge in [-0.15, -0.1) is 0 Å². The second-order valence-corrected chi connectivity index (χ2v) is 5.62. The highest BCUT2D eigenvalue weighted by molar-refractivity contribution is 5.80. The predicted octanol–water partition coefficient (Wildman–Crippen LogP) is 4.86. The Balaban J connectivity index is 3.32. The highest BCUT2D eigenvalue weighted by Gasteiger charge is 2.03. The minimum absolute atomic E-state index is 0.124. The van der Waals surface area contributed by atoms with E-state index in [1.165, 1.54) is 25.7 Å². The summed E-state index contributed by atoms with van der Waals surface area (Å²) < 4.78 is 0. The van der Waals surface area contributed by atoms with Crippen molar-refractivity contribution in [2.24, 2.45) is 0 Å². The molecule has 0 radical (unpaired) electrons. The van der Waals surface area contributed by atoms with Crippen LogP contribution in [0.3, 0.4) is 0 Å². The number of rotatable bonds is 14. The molecular weight excluding hydrogens is 264 g/mol. The molecular formula is C18H32O3. The third-order valence-electron chi connectivity index (χ3n) is 3.54. The van der Waals surface area contributed by atoms with Crippen LogP contribution in [0.1, 0.15) is 77.6 Å². The number of unbranched alkanes of at least 4 members (excludes halogenated alkanes) is 7. The molecule has 0 bridgehead atoms. The average molecular weight is 296 g/mol. The first-order valence-electron chi connectivity index (χ1n) is 8.41. The summed E-state index contributed by atoms with van der Waals surface area (Å²) in [5.41, 5.74) is 0. The number of carbonyl (C=O) groups is 1. The fraction of sp³-hybridized carbons (Fsp3) is 0.722. The van der Waals surface area contributed by atoms with Crippen LogP contribution in [0.2, 0.25) is 0 Å². The van der Waals surface area contributed by atoms with E-state index < -0.39 is 5.97 Å². The van der Waals surface area contributed by atoms with Gasteiger partial charge in [0.15, 0.2) is 0 Å². The number of aliphatic hydroxyl groups is 1. The van der Waals surface area contributed by atoms with Gasteiger partial charge in [-0.1, -0.05) is 70.1 Å². The number of hydrogen-bond donors (Lipinski definition) is 2. The molecule has 0 aromatic heterocycles. The van der Waals surface area contributed by atoms with E-state index in [9.17, 15) is 9.90 Å². The highest BCUT2D eigenvalue weighted by atomic mass is 16.4. The summed E-state index contributed by atoms with van der Waals surface area (Å²) in [4.78, 5) is 10.2. The fourth-order valence-electron chi connectivity index (χ4n) is 2.26. The molecule has 0 saturated carbocycles. The van der Waals surface area contributed by atoms with Gasteiger partial charge in [0.1, 0.15) is 0 Å². The van der Waals surface area contributed by atoms with E-state index in [1.54, 1.807) is 12.2 Å². The van der Waals surface area contributed by atoms with Crippen molar-refractivity contribution < 1.29 is 15.0 Å². The van der Waals surface area contributed by atoms with Gasteiger partial charge in [0.25, 0.3) is 0 Å². The van der Waals surface area contributed by atoms with Crippen molar-refractivity contribution in [3.63, 3.8) is 0 Å². The number of carboxylic acid groups (broad SMARTS) is 1. The van der Waals surface area contributed by atoms with E-state index in [1.807, 2.05) is 6.08 Å². The molecule has 3 heteroatoms. The van der Waals surface area contributed by atoms with E-state index in [2.05, 4.69) is 6.92 Å². The summed E-state index contributed by atoms with van der Waals surface area (Å²) in [5.74, 6) is -0.914. The molecule has 0 spiro atoms. The van der Waals surface area contributed by atoms with Gasteiger partial charge in [0.05, 0.1) is 6.10 Å². The van der Waals surface area contributed by atoms with Crippen LogP contribution in [0.25, 0.3) is 0 Å². The zero-order valence-corrected chi connectivity index (χ0v) is 13.5. The molecule has 1 atom stereocenters. The Morgan fingerprint density at radius 1 is 0.952 bits per heavy atom. The summed E-state index contributed by atoms with van der Waals surface area (Å²) in [6.07, 6.45) is 18.7. The number of allylic oxidation sites excluding steroid dienone is 3. The molecule has 122 valence electrons. The van der Waals surface area contributed by atoms with Gasteiger partial charge in [0.2, 0.25) is 0 Å². The van der Waals surface area contributed by atoms with Crippen molar-refractivity contribution in [1.29, 1.82) is 0 Å². The summed E-state index contributed by atoms with van der Waals surface area (Å²) in [6.45, 7) is 2.21. The quantitative estimate of drug-likeness (QED) is 0.273. The number of aliphatic carboxylic acids is 1. The minimum Gasteiger partial charge on any atom is -0.478 e. The standard InChI is InChI=1S/C18H32O3/c1-2-3-4-8-11-14-17(19)15-12-9-6-5-7-10-13-16-18(20)21/h7,10,13,16-17,19H,2-6,8-9,11-12,14-15H2,1H3,(H,20,21). The lowest BCUT2D eigenvalue weighted by atomic mass is 10.0. The first-order chi connectivity index (χ1) is 10.2. The number of hydrogen-bond acceptors (Lipinski definition) is 2. The Bertz CT molecular complexity index is 295. The molecule has 0 aromatic rings. The van der Waals surface area contributed by atoms with Crippen LogP contribution in [-0.2, 0) is 4.79 Å². The SMILES string of the molecule is CCCCCCCC(O)CCCCCC=CC=CC(=O)O. The Morgan fingerprint density at radius 3 is 2.19 bits per heavy atom. The largest absolute Gasteiger partial charge is 0.478 e. The topological polar surface area (TPSA) is 57.5 Å². The minimum atomic E-state index is -0.914. The Labute approximate surface area is 129 Å². The van der Waals surface area contributed by atoms with E-state index in [-0.39, 0.29) is 6.10 Å². The molecule has 0 fully saturated rings. The first kappa shape index (κ1) is 19.9. The normalized spacial score (nSPS) is 13.2. The second kappa shape index (κ2) is 15.3. The summed E-state index contributed by atoms with van der Waals surface area (Å²) in [6, 6.07) is 0. The lowest BCUT2D eigenvalue weighted by Crippen LogP contribution is -2.05. The summed E-state index contributed by atoms with van der Waals surface area (Å²) in [5, 5.41) is 18.2. The highest BCUT2D eigenvalue weighted by Crippen LogP contribution is 2.12. The second-order valence-electron chi connectivity index (χ2n) is 5.62. The van der Waals surface area contributed by atoms with Gasteiger partial charge in [-0.25, -0.2) is 4.79 Å².